The zero-order chi connectivity index (χ0) is 19.9. The molecule has 4 rings (SSSR count). The molecule has 0 spiro atoms. The van der Waals surface area contributed by atoms with Gasteiger partial charge in [0.25, 0.3) is 0 Å². The largest absolute Gasteiger partial charge is 0.355 e. The first-order chi connectivity index (χ1) is 14.3. The number of benzene rings is 2. The van der Waals surface area contributed by atoms with Gasteiger partial charge in [-0.25, -0.2) is 10.4 Å². The minimum atomic E-state index is -0.0560. The Labute approximate surface area is 170 Å². The third-order valence-electron chi connectivity index (χ3n) is 5.11. The normalized spacial score (nSPS) is 14.3. The highest BCUT2D eigenvalue weighted by Gasteiger charge is 2.25. The van der Waals surface area contributed by atoms with Gasteiger partial charge < -0.3 is 4.90 Å². The molecule has 1 amide bonds. The molecule has 0 bridgehead atoms. The highest BCUT2D eigenvalue weighted by Crippen LogP contribution is 2.21. The summed E-state index contributed by atoms with van der Waals surface area (Å²) in [6, 6.07) is 19.8. The van der Waals surface area contributed by atoms with Gasteiger partial charge in [-0.1, -0.05) is 60.7 Å². The van der Waals surface area contributed by atoms with E-state index in [4.69, 9.17) is 0 Å². The number of hydrogen-bond acceptors (Lipinski definition) is 5. The Hall–Kier alpha value is -3.54. The van der Waals surface area contributed by atoms with Crippen LogP contribution in [0.25, 0.3) is 0 Å². The molecule has 0 radical (unpaired) electrons. The number of piperidine rings is 1. The van der Waals surface area contributed by atoms with Crippen LogP contribution in [0.3, 0.4) is 0 Å². The predicted molar refractivity (Wildman–Crippen MR) is 114 cm³/mol. The molecule has 0 saturated carbocycles. The van der Waals surface area contributed by atoms with Crippen LogP contribution < -0.4 is 10.3 Å². The second kappa shape index (κ2) is 9.10. The standard InChI is InChI=1S/C23H23N5O/c29-23(20-11-15-28(16-12-20)21-17-24-13-14-25-21)27-26-22(18-7-3-1-4-8-18)19-9-5-2-6-10-19/h1-10,13-14,17,20H,11-12,15-16H2,(H,27,29). The molecule has 1 fully saturated rings. The van der Waals surface area contributed by atoms with Gasteiger partial charge in [-0.2, -0.15) is 5.10 Å². The van der Waals surface area contributed by atoms with E-state index in [2.05, 4.69) is 25.4 Å². The summed E-state index contributed by atoms with van der Waals surface area (Å²) in [5.74, 6) is 0.771. The van der Waals surface area contributed by atoms with Crippen molar-refractivity contribution in [3.05, 3.63) is 90.4 Å². The summed E-state index contributed by atoms with van der Waals surface area (Å²) < 4.78 is 0. The molecule has 6 nitrogen and oxygen atoms in total. The van der Waals surface area contributed by atoms with Crippen molar-refractivity contribution in [2.24, 2.45) is 11.0 Å². The zero-order valence-electron chi connectivity index (χ0n) is 16.1. The van der Waals surface area contributed by atoms with Gasteiger partial charge >= 0.3 is 0 Å². The molecule has 1 aliphatic heterocycles. The SMILES string of the molecule is O=C(NN=C(c1ccccc1)c1ccccc1)C1CCN(c2cnccn2)CC1. The maximum atomic E-state index is 12.7. The first kappa shape index (κ1) is 18.8. The topological polar surface area (TPSA) is 70.5 Å². The maximum absolute atomic E-state index is 12.7. The Balaban J connectivity index is 1.43. The highest BCUT2D eigenvalue weighted by molar-refractivity contribution is 6.13. The molecule has 1 N–H and O–H groups in total. The van der Waals surface area contributed by atoms with Crippen LogP contribution in [0.5, 0.6) is 0 Å². The van der Waals surface area contributed by atoms with E-state index in [0.717, 1.165) is 48.6 Å². The van der Waals surface area contributed by atoms with Crippen molar-refractivity contribution in [2.75, 3.05) is 18.0 Å². The van der Waals surface area contributed by atoms with Crippen LogP contribution in [0.2, 0.25) is 0 Å². The summed E-state index contributed by atoms with van der Waals surface area (Å²) in [6.45, 7) is 1.56. The molecule has 29 heavy (non-hydrogen) atoms. The first-order valence-electron chi connectivity index (χ1n) is 9.80. The Morgan fingerprint density at radius 3 is 2.10 bits per heavy atom. The lowest BCUT2D eigenvalue weighted by atomic mass is 9.96. The number of carbonyl (C=O) groups excluding carboxylic acids is 1. The van der Waals surface area contributed by atoms with Gasteiger partial charge in [0, 0.05) is 42.5 Å². The van der Waals surface area contributed by atoms with E-state index in [0.29, 0.717) is 0 Å². The lowest BCUT2D eigenvalue weighted by Gasteiger charge is -2.31. The molecule has 2 aromatic carbocycles. The molecule has 6 heteroatoms. The number of hydrogen-bond donors (Lipinski definition) is 1. The van der Waals surface area contributed by atoms with Crippen LogP contribution in [0, 0.1) is 5.92 Å². The molecule has 0 atom stereocenters. The summed E-state index contributed by atoms with van der Waals surface area (Å²) >= 11 is 0. The fraction of sp³-hybridized carbons (Fsp3) is 0.217. The average Bonchev–Trinajstić information content (AvgIpc) is 2.81. The number of nitrogens with zero attached hydrogens (tertiary/aromatic N) is 4. The lowest BCUT2D eigenvalue weighted by Crippen LogP contribution is -2.40. The summed E-state index contributed by atoms with van der Waals surface area (Å²) in [7, 11) is 0. The van der Waals surface area contributed by atoms with E-state index in [1.807, 2.05) is 60.7 Å². The number of carbonyl (C=O) groups is 1. The molecular weight excluding hydrogens is 362 g/mol. The van der Waals surface area contributed by atoms with E-state index in [1.54, 1.807) is 18.6 Å². The van der Waals surface area contributed by atoms with Crippen molar-refractivity contribution in [3.63, 3.8) is 0 Å². The Kier molecular flexibility index (Phi) is 5.90. The first-order valence-corrected chi connectivity index (χ1v) is 9.80. The second-order valence-electron chi connectivity index (χ2n) is 6.99. The molecule has 1 aliphatic rings. The Morgan fingerprint density at radius 2 is 1.55 bits per heavy atom. The summed E-state index contributed by atoms with van der Waals surface area (Å²) in [6.07, 6.45) is 6.65. The number of aromatic nitrogens is 2. The molecule has 0 unspecified atom stereocenters. The summed E-state index contributed by atoms with van der Waals surface area (Å²) in [5.41, 5.74) is 5.51. The molecule has 1 saturated heterocycles. The summed E-state index contributed by atoms with van der Waals surface area (Å²) in [5, 5.41) is 4.50. The van der Waals surface area contributed by atoms with Gasteiger partial charge in [-0.15, -0.1) is 0 Å². The fourth-order valence-electron chi connectivity index (χ4n) is 3.52. The number of amides is 1. The van der Waals surface area contributed by atoms with E-state index >= 15 is 0 Å². The van der Waals surface area contributed by atoms with Crippen LogP contribution in [0.4, 0.5) is 5.82 Å². The maximum Gasteiger partial charge on any atom is 0.243 e. The monoisotopic (exact) mass is 385 g/mol. The van der Waals surface area contributed by atoms with Gasteiger partial charge in [0.1, 0.15) is 5.82 Å². The van der Waals surface area contributed by atoms with Crippen LogP contribution in [-0.4, -0.2) is 34.7 Å². The van der Waals surface area contributed by atoms with Crippen molar-refractivity contribution >= 4 is 17.4 Å². The molecule has 0 aliphatic carbocycles. The predicted octanol–water partition coefficient (Wildman–Crippen LogP) is 3.26. The van der Waals surface area contributed by atoms with Crippen molar-refractivity contribution < 1.29 is 4.79 Å². The van der Waals surface area contributed by atoms with E-state index in [-0.39, 0.29) is 11.8 Å². The zero-order valence-corrected chi connectivity index (χ0v) is 16.1. The van der Waals surface area contributed by atoms with E-state index < -0.39 is 0 Å². The van der Waals surface area contributed by atoms with Gasteiger partial charge in [-0.05, 0) is 12.8 Å². The fourth-order valence-corrected chi connectivity index (χ4v) is 3.52. The van der Waals surface area contributed by atoms with Crippen LogP contribution in [0.15, 0.2) is 84.4 Å². The number of nitrogens with one attached hydrogen (secondary N) is 1. The van der Waals surface area contributed by atoms with Crippen LogP contribution in [0.1, 0.15) is 24.0 Å². The highest BCUT2D eigenvalue weighted by atomic mass is 16.2. The third-order valence-corrected chi connectivity index (χ3v) is 5.11. The van der Waals surface area contributed by atoms with Crippen molar-refractivity contribution in [3.8, 4) is 0 Å². The number of rotatable bonds is 5. The van der Waals surface area contributed by atoms with Crippen molar-refractivity contribution in [1.82, 2.24) is 15.4 Å². The van der Waals surface area contributed by atoms with E-state index in [9.17, 15) is 4.79 Å². The Bertz CT molecular complexity index is 911. The molecular formula is C23H23N5O. The lowest BCUT2D eigenvalue weighted by molar-refractivity contribution is -0.125. The molecule has 2 heterocycles. The Morgan fingerprint density at radius 1 is 0.931 bits per heavy atom. The second-order valence-corrected chi connectivity index (χ2v) is 6.99. The van der Waals surface area contributed by atoms with Gasteiger partial charge in [0.15, 0.2) is 0 Å². The minimum absolute atomic E-state index is 0.0341. The minimum Gasteiger partial charge on any atom is -0.355 e. The average molecular weight is 385 g/mol. The van der Waals surface area contributed by atoms with Crippen LogP contribution in [-0.2, 0) is 4.79 Å². The summed E-state index contributed by atoms with van der Waals surface area (Å²) in [4.78, 5) is 23.4. The van der Waals surface area contributed by atoms with Crippen molar-refractivity contribution in [2.45, 2.75) is 12.8 Å². The number of anilines is 1. The van der Waals surface area contributed by atoms with Gasteiger partial charge in [-0.3, -0.25) is 9.78 Å². The van der Waals surface area contributed by atoms with Crippen molar-refractivity contribution in [1.29, 1.82) is 0 Å². The molecule has 146 valence electrons. The van der Waals surface area contributed by atoms with Crippen LogP contribution >= 0.6 is 0 Å². The van der Waals surface area contributed by atoms with E-state index in [1.165, 1.54) is 0 Å². The third kappa shape index (κ3) is 4.66. The van der Waals surface area contributed by atoms with Gasteiger partial charge in [0.2, 0.25) is 5.91 Å². The smallest absolute Gasteiger partial charge is 0.243 e. The molecule has 3 aromatic rings. The molecule has 1 aromatic heterocycles. The quantitative estimate of drug-likeness (QED) is 0.541. The number of hydrazone groups is 1. The van der Waals surface area contributed by atoms with Gasteiger partial charge in [0.05, 0.1) is 11.9 Å².